The Bertz CT molecular complexity index is 1620. The molecule has 1 aliphatic heterocycles. The highest BCUT2D eigenvalue weighted by Gasteiger charge is 2.47. The fraction of sp³-hybridized carbons (Fsp3) is 0.727. The number of amides is 1. The maximum absolute atomic E-state index is 13.4. The largest absolute Gasteiger partial charge is 0.454 e. The third-order valence-electron chi connectivity index (χ3n) is 14.0. The van der Waals surface area contributed by atoms with E-state index in [0.29, 0.717) is 12.8 Å². The van der Waals surface area contributed by atoms with Crippen LogP contribution in [0.5, 0.6) is 0 Å². The monoisotopic (exact) mass is 1080 g/mol. The van der Waals surface area contributed by atoms with Gasteiger partial charge in [0.05, 0.1) is 25.4 Å². The van der Waals surface area contributed by atoms with E-state index in [-0.39, 0.29) is 19.4 Å². The molecule has 11 nitrogen and oxygen atoms in total. The van der Waals surface area contributed by atoms with Crippen LogP contribution in [-0.2, 0) is 23.8 Å². The van der Waals surface area contributed by atoms with Gasteiger partial charge in [-0.25, -0.2) is 0 Å². The number of rotatable bonds is 51. The molecule has 8 unspecified atom stereocenters. The number of carbonyl (C=O) groups is 2. The smallest absolute Gasteiger partial charge is 0.306 e. The average molecular weight is 1080 g/mol. The molecule has 1 saturated heterocycles. The summed E-state index contributed by atoms with van der Waals surface area (Å²) in [6, 6.07) is -1.05. The maximum atomic E-state index is 13.4. The first kappa shape index (κ1) is 71.6. The van der Waals surface area contributed by atoms with Crippen LogP contribution in [0, 0.1) is 0 Å². The number of unbranched alkanes of at least 4 members (excludes halogenated alkanes) is 23. The Morgan fingerprint density at radius 2 is 0.896 bits per heavy atom. The summed E-state index contributed by atoms with van der Waals surface area (Å²) in [4.78, 5) is 26.5. The van der Waals surface area contributed by atoms with Crippen LogP contribution >= 0.6 is 0 Å². The second-order valence-corrected chi connectivity index (χ2v) is 21.1. The van der Waals surface area contributed by atoms with E-state index >= 15 is 0 Å². The minimum Gasteiger partial charge on any atom is -0.454 e. The molecule has 77 heavy (non-hydrogen) atoms. The molecular formula is C66H113NO10. The van der Waals surface area contributed by atoms with Crippen molar-refractivity contribution in [1.82, 2.24) is 5.32 Å². The Morgan fingerprint density at radius 3 is 1.36 bits per heavy atom. The lowest BCUT2D eigenvalue weighted by Gasteiger charge is -2.41. The molecule has 1 fully saturated rings. The molecule has 0 saturated carbocycles. The molecule has 0 aromatic heterocycles. The van der Waals surface area contributed by atoms with Crippen LogP contribution in [0.15, 0.2) is 97.2 Å². The summed E-state index contributed by atoms with van der Waals surface area (Å²) in [6.45, 7) is 5.69. The van der Waals surface area contributed by atoms with Crippen molar-refractivity contribution < 1.29 is 49.3 Å². The van der Waals surface area contributed by atoms with E-state index in [0.717, 1.165) is 116 Å². The first-order chi connectivity index (χ1) is 37.7. The molecule has 0 aliphatic carbocycles. The number of aliphatic hydroxyl groups excluding tert-OH is 5. The van der Waals surface area contributed by atoms with Gasteiger partial charge in [0.15, 0.2) is 12.4 Å². The highest BCUT2D eigenvalue weighted by molar-refractivity contribution is 5.80. The van der Waals surface area contributed by atoms with Crippen molar-refractivity contribution in [3.05, 3.63) is 97.2 Å². The van der Waals surface area contributed by atoms with Crippen molar-refractivity contribution in [2.24, 2.45) is 0 Å². The van der Waals surface area contributed by atoms with Crippen molar-refractivity contribution in [3.63, 3.8) is 0 Å². The summed E-state index contributed by atoms with van der Waals surface area (Å²) in [6.07, 6.45) is 60.1. The summed E-state index contributed by atoms with van der Waals surface area (Å²) in [5.74, 6) is -1.25. The SMILES string of the molecule is CCCCC/C=C\C/C=C\C/C=C\C/C=C\CCCCC(O)C(=O)NC(COC1OC(CO)C(O)C(O)C1OC(=O)CCCCCCCC/C=C\C/C=C\C/C=C\CCCCC)C(O)/C=C/CCCCCCCCCCC. The van der Waals surface area contributed by atoms with Crippen molar-refractivity contribution in [2.45, 2.75) is 294 Å². The zero-order valence-electron chi connectivity index (χ0n) is 48.8. The molecule has 11 heteroatoms. The van der Waals surface area contributed by atoms with E-state index in [1.807, 2.05) is 6.08 Å². The van der Waals surface area contributed by atoms with Gasteiger partial charge in [-0.1, -0.05) is 227 Å². The molecule has 1 heterocycles. The summed E-state index contributed by atoms with van der Waals surface area (Å²) in [5.41, 5.74) is 0. The Balaban J connectivity index is 2.71. The normalized spacial score (nSPS) is 19.7. The van der Waals surface area contributed by atoms with Gasteiger partial charge < -0.3 is 45.1 Å². The highest BCUT2D eigenvalue weighted by atomic mass is 16.7. The van der Waals surface area contributed by atoms with Gasteiger partial charge in [0.25, 0.3) is 0 Å². The van der Waals surface area contributed by atoms with E-state index in [1.165, 1.54) is 83.5 Å². The zero-order valence-corrected chi connectivity index (χ0v) is 48.8. The van der Waals surface area contributed by atoms with E-state index < -0.39 is 67.4 Å². The Kier molecular flexibility index (Phi) is 49.5. The predicted octanol–water partition coefficient (Wildman–Crippen LogP) is 14.7. The number of ether oxygens (including phenoxy) is 3. The van der Waals surface area contributed by atoms with E-state index in [2.05, 4.69) is 111 Å². The number of aliphatic hydroxyl groups is 5. The summed E-state index contributed by atoms with van der Waals surface area (Å²) in [5, 5.41) is 56.9. The molecule has 0 bridgehead atoms. The molecule has 1 aliphatic rings. The second-order valence-electron chi connectivity index (χ2n) is 21.1. The predicted molar refractivity (Wildman–Crippen MR) is 319 cm³/mol. The number of nitrogens with one attached hydrogen (secondary N) is 1. The van der Waals surface area contributed by atoms with Crippen molar-refractivity contribution in [1.29, 1.82) is 0 Å². The lowest BCUT2D eigenvalue weighted by atomic mass is 9.99. The van der Waals surface area contributed by atoms with E-state index in [1.54, 1.807) is 6.08 Å². The van der Waals surface area contributed by atoms with Gasteiger partial charge in [0.2, 0.25) is 5.91 Å². The number of allylic oxidation sites excluding steroid dienone is 15. The number of esters is 1. The Labute approximate surface area is 469 Å². The topological polar surface area (TPSA) is 175 Å². The average Bonchev–Trinajstić information content (AvgIpc) is 3.43. The third-order valence-corrected chi connectivity index (χ3v) is 14.0. The van der Waals surface area contributed by atoms with Crippen LogP contribution in [0.4, 0.5) is 0 Å². The van der Waals surface area contributed by atoms with Gasteiger partial charge in [0.1, 0.15) is 24.4 Å². The fourth-order valence-corrected chi connectivity index (χ4v) is 8.99. The van der Waals surface area contributed by atoms with E-state index in [9.17, 15) is 35.1 Å². The highest BCUT2D eigenvalue weighted by Crippen LogP contribution is 2.26. The number of carbonyl (C=O) groups excluding carboxylic acids is 2. The van der Waals surface area contributed by atoms with Gasteiger partial charge >= 0.3 is 5.97 Å². The number of hydrogen-bond acceptors (Lipinski definition) is 10. The van der Waals surface area contributed by atoms with Gasteiger partial charge in [-0.15, -0.1) is 0 Å². The molecule has 6 N–H and O–H groups in total. The molecule has 442 valence electrons. The zero-order chi connectivity index (χ0) is 56.1. The van der Waals surface area contributed by atoms with E-state index in [4.69, 9.17) is 14.2 Å². The first-order valence-electron chi connectivity index (χ1n) is 31.0. The number of hydrogen-bond donors (Lipinski definition) is 6. The first-order valence-corrected chi connectivity index (χ1v) is 31.0. The quantitative estimate of drug-likeness (QED) is 0.0195. The molecule has 0 spiro atoms. The Morgan fingerprint density at radius 1 is 0.506 bits per heavy atom. The van der Waals surface area contributed by atoms with Crippen LogP contribution in [0.25, 0.3) is 0 Å². The van der Waals surface area contributed by atoms with Crippen molar-refractivity contribution in [3.8, 4) is 0 Å². The molecule has 1 amide bonds. The fourth-order valence-electron chi connectivity index (χ4n) is 8.99. The third kappa shape index (κ3) is 41.3. The molecule has 0 aromatic rings. The maximum Gasteiger partial charge on any atom is 0.306 e. The minimum atomic E-state index is -1.63. The van der Waals surface area contributed by atoms with Crippen molar-refractivity contribution >= 4 is 11.9 Å². The van der Waals surface area contributed by atoms with Crippen molar-refractivity contribution in [2.75, 3.05) is 13.2 Å². The van der Waals surface area contributed by atoms with Gasteiger partial charge in [-0.3, -0.25) is 9.59 Å². The molecule has 1 rings (SSSR count). The van der Waals surface area contributed by atoms with Crippen LogP contribution in [0.3, 0.4) is 0 Å². The summed E-state index contributed by atoms with van der Waals surface area (Å²) < 4.78 is 17.6. The summed E-state index contributed by atoms with van der Waals surface area (Å²) in [7, 11) is 0. The summed E-state index contributed by atoms with van der Waals surface area (Å²) >= 11 is 0. The Hall–Kier alpha value is -3.42. The van der Waals surface area contributed by atoms with Gasteiger partial charge in [-0.05, 0) is 109 Å². The van der Waals surface area contributed by atoms with Crippen LogP contribution in [0.2, 0.25) is 0 Å². The molecule has 0 aromatic carbocycles. The minimum absolute atomic E-state index is 0.100. The molecular weight excluding hydrogens is 967 g/mol. The standard InChI is InChI=1S/C66H113NO10/c1-4-7-10-13-16-19-22-24-26-28-30-32-34-36-39-42-45-48-51-54-61(71)77-64-63(73)62(72)60(55-68)76-66(64)75-56-57(58(69)52-49-46-43-40-37-21-18-15-12-9-6-3)67-65(74)59(70)53-50-47-44-41-38-35-33-31-29-27-25-23-20-17-14-11-8-5-2/h16-17,19-20,24-27,30-33,38,41,49,52,57-60,62-64,66,68-70,72-73H,4-15,18,21-23,28-29,34-37,39-40,42-48,50-51,53-56H2,1-3H3,(H,67,74)/b19-16-,20-17-,26-24-,27-25-,32-30-,33-31-,41-38-,52-49+. The lowest BCUT2D eigenvalue weighted by molar-refractivity contribution is -0.305. The van der Waals surface area contributed by atoms with Crippen LogP contribution < -0.4 is 5.32 Å². The lowest BCUT2D eigenvalue weighted by Crippen LogP contribution is -2.61. The molecule has 0 radical (unpaired) electrons. The van der Waals surface area contributed by atoms with Gasteiger partial charge in [0, 0.05) is 6.42 Å². The molecule has 8 atom stereocenters. The second kappa shape index (κ2) is 53.2. The van der Waals surface area contributed by atoms with Crippen LogP contribution in [-0.4, -0.2) is 99.6 Å². The van der Waals surface area contributed by atoms with Gasteiger partial charge in [-0.2, -0.15) is 0 Å². The van der Waals surface area contributed by atoms with Crippen LogP contribution in [0.1, 0.15) is 245 Å².